The molecule has 0 radical (unpaired) electrons. The lowest BCUT2D eigenvalue weighted by molar-refractivity contribution is -0.0623. The van der Waals surface area contributed by atoms with Crippen LogP contribution < -0.4 is 4.74 Å². The van der Waals surface area contributed by atoms with Crippen molar-refractivity contribution < 1.29 is 14.2 Å². The van der Waals surface area contributed by atoms with E-state index < -0.39 is 0 Å². The van der Waals surface area contributed by atoms with E-state index in [1.807, 2.05) is 24.3 Å². The van der Waals surface area contributed by atoms with Gasteiger partial charge in [-0.05, 0) is 12.5 Å². The molecule has 0 aliphatic carbocycles. The Hall–Kier alpha value is -1.06. The van der Waals surface area contributed by atoms with Gasteiger partial charge in [0.15, 0.2) is 6.29 Å². The second kappa shape index (κ2) is 5.32. The zero-order chi connectivity index (χ0) is 11.4. The van der Waals surface area contributed by atoms with Crippen LogP contribution in [-0.4, -0.2) is 19.8 Å². The number of methoxy groups -OCH3 is 1. The number of rotatable bonds is 4. The predicted molar refractivity (Wildman–Crippen MR) is 61.5 cm³/mol. The Balaban J connectivity index is 2.08. The predicted octanol–water partition coefficient (Wildman–Crippen LogP) is 2.91. The highest BCUT2D eigenvalue weighted by Crippen LogP contribution is 2.33. The van der Waals surface area contributed by atoms with Crippen LogP contribution in [0.3, 0.4) is 0 Å². The maximum Gasteiger partial charge on any atom is 0.187 e. The second-order valence-corrected chi connectivity index (χ2v) is 3.95. The minimum atomic E-state index is -0.271. The van der Waals surface area contributed by atoms with Crippen molar-refractivity contribution in [2.75, 3.05) is 13.7 Å². The van der Waals surface area contributed by atoms with Crippen molar-refractivity contribution in [3.05, 3.63) is 29.8 Å². The van der Waals surface area contributed by atoms with Gasteiger partial charge in [-0.25, -0.2) is 0 Å². The van der Waals surface area contributed by atoms with Gasteiger partial charge in [-0.1, -0.05) is 31.5 Å². The summed E-state index contributed by atoms with van der Waals surface area (Å²) in [5, 5.41) is 0. The Labute approximate surface area is 96.3 Å². The molecular weight excluding hydrogens is 204 g/mol. The maximum absolute atomic E-state index is 5.83. The molecule has 1 aliphatic rings. The van der Waals surface area contributed by atoms with Crippen molar-refractivity contribution in [2.45, 2.75) is 32.2 Å². The third kappa shape index (κ3) is 2.36. The maximum atomic E-state index is 5.83. The fourth-order valence-corrected chi connectivity index (χ4v) is 1.95. The molecule has 2 unspecified atom stereocenters. The van der Waals surface area contributed by atoms with Crippen LogP contribution in [0.25, 0.3) is 0 Å². The normalized spacial score (nSPS) is 24.6. The van der Waals surface area contributed by atoms with E-state index in [1.165, 1.54) is 0 Å². The molecule has 3 heteroatoms. The summed E-state index contributed by atoms with van der Waals surface area (Å²) in [6.45, 7) is 2.83. The Morgan fingerprint density at radius 1 is 1.38 bits per heavy atom. The molecule has 1 fully saturated rings. The standard InChI is InChI=1S/C13H18O3/c1-3-6-10-9-15-13(16-10)11-7-4-5-8-12(11)14-2/h4-5,7-8,10,13H,3,6,9H2,1-2H3. The highest BCUT2D eigenvalue weighted by molar-refractivity contribution is 5.34. The first-order valence-corrected chi connectivity index (χ1v) is 5.75. The molecule has 0 amide bonds. The summed E-state index contributed by atoms with van der Waals surface area (Å²) in [5.41, 5.74) is 0.976. The van der Waals surface area contributed by atoms with Crippen molar-refractivity contribution >= 4 is 0 Å². The Kier molecular flexibility index (Phi) is 3.80. The Morgan fingerprint density at radius 3 is 2.94 bits per heavy atom. The van der Waals surface area contributed by atoms with Crippen molar-refractivity contribution in [1.82, 2.24) is 0 Å². The van der Waals surface area contributed by atoms with E-state index in [9.17, 15) is 0 Å². The van der Waals surface area contributed by atoms with Crippen LogP contribution in [0.2, 0.25) is 0 Å². The van der Waals surface area contributed by atoms with Crippen LogP contribution in [0, 0.1) is 0 Å². The van der Waals surface area contributed by atoms with Gasteiger partial charge in [0.05, 0.1) is 19.8 Å². The molecule has 1 heterocycles. The Bertz CT molecular complexity index is 338. The highest BCUT2D eigenvalue weighted by Gasteiger charge is 2.28. The molecule has 1 aromatic carbocycles. The third-order valence-electron chi connectivity index (χ3n) is 2.75. The summed E-state index contributed by atoms with van der Waals surface area (Å²) in [4.78, 5) is 0. The van der Waals surface area contributed by atoms with Gasteiger partial charge in [0.2, 0.25) is 0 Å². The van der Waals surface area contributed by atoms with E-state index in [2.05, 4.69) is 6.92 Å². The van der Waals surface area contributed by atoms with Gasteiger partial charge < -0.3 is 14.2 Å². The monoisotopic (exact) mass is 222 g/mol. The number of benzene rings is 1. The number of para-hydroxylation sites is 1. The Morgan fingerprint density at radius 2 is 2.19 bits per heavy atom. The zero-order valence-corrected chi connectivity index (χ0v) is 9.81. The number of hydrogen-bond acceptors (Lipinski definition) is 3. The molecule has 0 N–H and O–H groups in total. The molecule has 1 aromatic rings. The lowest BCUT2D eigenvalue weighted by atomic mass is 10.2. The fraction of sp³-hybridized carbons (Fsp3) is 0.538. The average Bonchev–Trinajstić information content (AvgIpc) is 2.78. The lowest BCUT2D eigenvalue weighted by Gasteiger charge is -2.14. The summed E-state index contributed by atoms with van der Waals surface area (Å²) in [5.74, 6) is 0.824. The number of ether oxygens (including phenoxy) is 3. The van der Waals surface area contributed by atoms with Crippen LogP contribution in [0.1, 0.15) is 31.6 Å². The SMILES string of the molecule is CCCC1COC(c2ccccc2OC)O1. The first kappa shape index (κ1) is 11.4. The third-order valence-corrected chi connectivity index (χ3v) is 2.75. The molecule has 2 rings (SSSR count). The largest absolute Gasteiger partial charge is 0.496 e. The molecule has 0 saturated carbocycles. The summed E-state index contributed by atoms with van der Waals surface area (Å²) >= 11 is 0. The lowest BCUT2D eigenvalue weighted by Crippen LogP contribution is -2.08. The van der Waals surface area contributed by atoms with Crippen molar-refractivity contribution in [3.63, 3.8) is 0 Å². The quantitative estimate of drug-likeness (QED) is 0.784. The van der Waals surface area contributed by atoms with Crippen molar-refractivity contribution in [1.29, 1.82) is 0 Å². The van der Waals surface area contributed by atoms with E-state index in [-0.39, 0.29) is 12.4 Å². The first-order chi connectivity index (χ1) is 7.85. The number of hydrogen-bond donors (Lipinski definition) is 0. The minimum absolute atomic E-state index is 0.222. The smallest absolute Gasteiger partial charge is 0.187 e. The first-order valence-electron chi connectivity index (χ1n) is 5.75. The van der Waals surface area contributed by atoms with E-state index >= 15 is 0 Å². The molecule has 0 aromatic heterocycles. The molecule has 88 valence electrons. The van der Waals surface area contributed by atoms with Crippen LogP contribution >= 0.6 is 0 Å². The van der Waals surface area contributed by atoms with Gasteiger partial charge in [-0.3, -0.25) is 0 Å². The van der Waals surface area contributed by atoms with Gasteiger partial charge in [-0.15, -0.1) is 0 Å². The van der Waals surface area contributed by atoms with Crippen molar-refractivity contribution in [3.8, 4) is 5.75 Å². The molecular formula is C13H18O3. The van der Waals surface area contributed by atoms with Crippen LogP contribution in [-0.2, 0) is 9.47 Å². The van der Waals surface area contributed by atoms with Gasteiger partial charge in [0.1, 0.15) is 5.75 Å². The molecule has 0 bridgehead atoms. The molecule has 2 atom stereocenters. The van der Waals surface area contributed by atoms with Gasteiger partial charge in [0.25, 0.3) is 0 Å². The van der Waals surface area contributed by atoms with E-state index in [0.717, 1.165) is 24.2 Å². The molecule has 1 aliphatic heterocycles. The molecule has 16 heavy (non-hydrogen) atoms. The van der Waals surface area contributed by atoms with Crippen LogP contribution in [0.15, 0.2) is 24.3 Å². The van der Waals surface area contributed by atoms with Crippen LogP contribution in [0.5, 0.6) is 5.75 Å². The van der Waals surface area contributed by atoms with Crippen LogP contribution in [0.4, 0.5) is 0 Å². The molecule has 1 saturated heterocycles. The van der Waals surface area contributed by atoms with Gasteiger partial charge in [0, 0.05) is 5.56 Å². The highest BCUT2D eigenvalue weighted by atomic mass is 16.7. The van der Waals surface area contributed by atoms with E-state index in [1.54, 1.807) is 7.11 Å². The molecule has 0 spiro atoms. The fourth-order valence-electron chi connectivity index (χ4n) is 1.95. The van der Waals surface area contributed by atoms with Gasteiger partial charge >= 0.3 is 0 Å². The minimum Gasteiger partial charge on any atom is -0.496 e. The summed E-state index contributed by atoms with van der Waals surface area (Å²) in [6, 6.07) is 7.82. The molecule has 3 nitrogen and oxygen atoms in total. The zero-order valence-electron chi connectivity index (χ0n) is 9.81. The summed E-state index contributed by atoms with van der Waals surface area (Å²) in [7, 11) is 1.66. The van der Waals surface area contributed by atoms with Crippen molar-refractivity contribution in [2.24, 2.45) is 0 Å². The summed E-state index contributed by atoms with van der Waals surface area (Å²) in [6.07, 6.45) is 2.12. The topological polar surface area (TPSA) is 27.7 Å². The second-order valence-electron chi connectivity index (χ2n) is 3.95. The summed E-state index contributed by atoms with van der Waals surface area (Å²) < 4.78 is 16.8. The van der Waals surface area contributed by atoms with E-state index in [4.69, 9.17) is 14.2 Å². The van der Waals surface area contributed by atoms with E-state index in [0.29, 0.717) is 6.61 Å². The van der Waals surface area contributed by atoms with Gasteiger partial charge in [-0.2, -0.15) is 0 Å². The average molecular weight is 222 g/mol.